The zero-order chi connectivity index (χ0) is 36.2. The van der Waals surface area contributed by atoms with E-state index >= 15 is 0 Å². The smallest absolute Gasteiger partial charge is 0.255 e. The van der Waals surface area contributed by atoms with Gasteiger partial charge in [-0.15, -0.1) is 0 Å². The van der Waals surface area contributed by atoms with Crippen molar-refractivity contribution in [3.63, 3.8) is 0 Å². The second kappa shape index (κ2) is 17.7. The van der Waals surface area contributed by atoms with Crippen molar-refractivity contribution in [2.45, 2.75) is 44.8 Å². The van der Waals surface area contributed by atoms with Crippen LogP contribution in [-0.4, -0.2) is 73.0 Å². The number of hydrogen-bond donors (Lipinski definition) is 3. The van der Waals surface area contributed by atoms with Crippen LogP contribution in [0.2, 0.25) is 0 Å². The van der Waals surface area contributed by atoms with Crippen LogP contribution in [0.25, 0.3) is 0 Å². The van der Waals surface area contributed by atoms with Gasteiger partial charge in [0, 0.05) is 19.0 Å². The maximum absolute atomic E-state index is 13.8. The maximum Gasteiger partial charge on any atom is 0.255 e. The van der Waals surface area contributed by atoms with E-state index in [1.807, 2.05) is 37.3 Å². The van der Waals surface area contributed by atoms with Crippen LogP contribution in [0.4, 0.5) is 4.39 Å². The Kier molecular flexibility index (Phi) is 12.6. The number of fused-ring (bicyclic) bond motifs is 1. The molecule has 11 nitrogen and oxygen atoms in total. The Balaban J connectivity index is 1.32. The molecule has 0 unspecified atom stereocenters. The lowest BCUT2D eigenvalue weighted by Gasteiger charge is -2.28. The van der Waals surface area contributed by atoms with Crippen molar-refractivity contribution in [1.82, 2.24) is 20.9 Å². The second-order valence-corrected chi connectivity index (χ2v) is 12.0. The van der Waals surface area contributed by atoms with Crippen molar-refractivity contribution in [2.75, 3.05) is 26.3 Å². The van der Waals surface area contributed by atoms with Gasteiger partial charge in [-0.05, 0) is 55.8 Å². The van der Waals surface area contributed by atoms with Gasteiger partial charge in [0.2, 0.25) is 17.7 Å². The Hall–Kier alpha value is -5.91. The summed E-state index contributed by atoms with van der Waals surface area (Å²) in [7, 11) is 0. The van der Waals surface area contributed by atoms with Crippen molar-refractivity contribution in [1.29, 1.82) is 0 Å². The van der Waals surface area contributed by atoms with E-state index in [0.717, 1.165) is 5.56 Å². The highest BCUT2D eigenvalue weighted by Gasteiger charge is 2.31. The molecular formula is C39H41FN4O7. The zero-order valence-corrected chi connectivity index (χ0v) is 28.5. The van der Waals surface area contributed by atoms with Crippen LogP contribution < -0.4 is 30.2 Å². The number of amides is 4. The summed E-state index contributed by atoms with van der Waals surface area (Å²) in [4.78, 5) is 56.2. The van der Waals surface area contributed by atoms with Gasteiger partial charge >= 0.3 is 0 Å². The minimum absolute atomic E-state index is 0.000690. The highest BCUT2D eigenvalue weighted by atomic mass is 19.1. The highest BCUT2D eigenvalue weighted by Crippen LogP contribution is 2.31. The molecule has 1 aliphatic heterocycles. The summed E-state index contributed by atoms with van der Waals surface area (Å²) in [5, 5.41) is 8.33. The predicted octanol–water partition coefficient (Wildman–Crippen LogP) is 4.66. The van der Waals surface area contributed by atoms with E-state index in [-0.39, 0.29) is 49.1 Å². The fraction of sp³-hybridized carbons (Fsp3) is 0.282. The lowest BCUT2D eigenvalue weighted by molar-refractivity contribution is -0.137. The number of hydrogen-bond acceptors (Lipinski definition) is 7. The Bertz CT molecular complexity index is 1820. The van der Waals surface area contributed by atoms with Crippen molar-refractivity contribution in [3.8, 4) is 23.0 Å². The third-order valence-electron chi connectivity index (χ3n) is 8.12. The summed E-state index contributed by atoms with van der Waals surface area (Å²) in [5.41, 5.74) is 1.02. The minimum Gasteiger partial charge on any atom is -0.491 e. The van der Waals surface area contributed by atoms with E-state index in [1.54, 1.807) is 66.4 Å². The molecule has 3 N–H and O–H groups in total. The molecule has 266 valence electrons. The normalized spacial score (nSPS) is 17.5. The Morgan fingerprint density at radius 3 is 2.43 bits per heavy atom. The summed E-state index contributed by atoms with van der Waals surface area (Å²) in [5.74, 6) is -1.29. The topological polar surface area (TPSA) is 135 Å². The minimum atomic E-state index is -1.31. The molecule has 4 aromatic carbocycles. The van der Waals surface area contributed by atoms with Crippen molar-refractivity contribution in [3.05, 3.63) is 120 Å². The average Bonchev–Trinajstić information content (AvgIpc) is 3.12. The monoisotopic (exact) mass is 696 g/mol. The SMILES string of the molecule is CCN1CCOc2ccccc2C(=O)N[C@H](C(=O)N[C@H](C)COc2ccccc2Oc2cccc(F)c2)CC(=O)N[C@@H](Cc2ccccc2)C1=O. The van der Waals surface area contributed by atoms with Gasteiger partial charge in [0.15, 0.2) is 11.5 Å². The lowest BCUT2D eigenvalue weighted by atomic mass is 10.0. The van der Waals surface area contributed by atoms with Crippen LogP contribution in [0.1, 0.15) is 36.2 Å². The van der Waals surface area contributed by atoms with Gasteiger partial charge in [-0.3, -0.25) is 19.2 Å². The van der Waals surface area contributed by atoms with Crippen molar-refractivity contribution in [2.24, 2.45) is 0 Å². The molecule has 4 aromatic rings. The number of nitrogens with zero attached hydrogens (tertiary/aromatic N) is 1. The summed E-state index contributed by atoms with van der Waals surface area (Å²) in [6.07, 6.45) is -0.212. The number of ether oxygens (including phenoxy) is 3. The van der Waals surface area contributed by atoms with Crippen LogP contribution >= 0.6 is 0 Å². The quantitative estimate of drug-likeness (QED) is 0.220. The first-order valence-electron chi connectivity index (χ1n) is 16.8. The largest absolute Gasteiger partial charge is 0.491 e. The molecule has 0 saturated carbocycles. The van der Waals surface area contributed by atoms with Gasteiger partial charge in [0.25, 0.3) is 5.91 Å². The summed E-state index contributed by atoms with van der Waals surface area (Å²) < 4.78 is 31.5. The molecule has 5 rings (SSSR count). The molecular weight excluding hydrogens is 655 g/mol. The van der Waals surface area contributed by atoms with E-state index < -0.39 is 48.1 Å². The number of para-hydroxylation sites is 3. The van der Waals surface area contributed by atoms with Crippen LogP contribution in [-0.2, 0) is 20.8 Å². The third-order valence-corrected chi connectivity index (χ3v) is 8.12. The second-order valence-electron chi connectivity index (χ2n) is 12.0. The van der Waals surface area contributed by atoms with E-state index in [0.29, 0.717) is 18.0 Å². The van der Waals surface area contributed by atoms with Crippen LogP contribution in [0.5, 0.6) is 23.0 Å². The fourth-order valence-electron chi connectivity index (χ4n) is 5.54. The number of likely N-dealkylation sites (N-methyl/N-ethyl adjacent to an activating group) is 1. The molecule has 1 aliphatic rings. The first-order chi connectivity index (χ1) is 24.7. The fourth-order valence-corrected chi connectivity index (χ4v) is 5.54. The lowest BCUT2D eigenvalue weighted by Crippen LogP contribution is -2.54. The third kappa shape index (κ3) is 10.3. The molecule has 0 aliphatic carbocycles. The van der Waals surface area contributed by atoms with Crippen LogP contribution in [0.3, 0.4) is 0 Å². The first kappa shape index (κ1) is 36.4. The van der Waals surface area contributed by atoms with Gasteiger partial charge in [-0.2, -0.15) is 0 Å². The number of benzene rings is 4. The van der Waals surface area contributed by atoms with E-state index in [2.05, 4.69) is 16.0 Å². The summed E-state index contributed by atoms with van der Waals surface area (Å²) in [6, 6.07) is 25.6. The molecule has 0 radical (unpaired) electrons. The summed E-state index contributed by atoms with van der Waals surface area (Å²) in [6.45, 7) is 4.25. The number of halogens is 1. The van der Waals surface area contributed by atoms with E-state index in [9.17, 15) is 23.6 Å². The van der Waals surface area contributed by atoms with Crippen LogP contribution in [0, 0.1) is 5.82 Å². The standard InChI is InChI=1S/C39H41FN4O7/c1-3-44-20-21-49-33-17-8-7-16-30(33)37(46)43-31(24-36(45)42-32(39(44)48)22-27-12-5-4-6-13-27)38(47)41-26(2)25-50-34-18-9-10-19-35(34)51-29-15-11-14-28(40)23-29/h4-19,23,26,31-32H,3,20-22,24-25H2,1-2H3,(H,41,47)(H,42,45)(H,43,46)/t26-,31+,32+/m1/s1. The van der Waals surface area contributed by atoms with Crippen molar-refractivity contribution >= 4 is 23.6 Å². The molecule has 3 atom stereocenters. The molecule has 0 spiro atoms. The van der Waals surface area contributed by atoms with Gasteiger partial charge < -0.3 is 35.1 Å². The maximum atomic E-state index is 13.8. The molecule has 0 saturated heterocycles. The molecule has 0 fully saturated rings. The van der Waals surface area contributed by atoms with Gasteiger partial charge in [0.1, 0.15) is 42.6 Å². The number of carbonyl (C=O) groups is 4. The van der Waals surface area contributed by atoms with Crippen molar-refractivity contribution < 1.29 is 37.8 Å². The molecule has 0 bridgehead atoms. The van der Waals surface area contributed by atoms with E-state index in [1.165, 1.54) is 18.2 Å². The Morgan fingerprint density at radius 1 is 0.941 bits per heavy atom. The molecule has 12 heteroatoms. The van der Waals surface area contributed by atoms with Gasteiger partial charge in [0.05, 0.1) is 24.6 Å². The number of nitrogens with one attached hydrogen (secondary N) is 3. The number of rotatable bonds is 10. The van der Waals surface area contributed by atoms with Gasteiger partial charge in [-0.25, -0.2) is 4.39 Å². The average molecular weight is 697 g/mol. The Morgan fingerprint density at radius 2 is 1.67 bits per heavy atom. The van der Waals surface area contributed by atoms with Gasteiger partial charge in [-0.1, -0.05) is 60.7 Å². The summed E-state index contributed by atoms with van der Waals surface area (Å²) >= 11 is 0. The molecule has 51 heavy (non-hydrogen) atoms. The molecule has 0 aromatic heterocycles. The van der Waals surface area contributed by atoms with E-state index in [4.69, 9.17) is 14.2 Å². The molecule has 1 heterocycles. The molecule has 4 amide bonds. The Labute approximate surface area is 296 Å². The number of carbonyl (C=O) groups excluding carboxylic acids is 4. The first-order valence-corrected chi connectivity index (χ1v) is 16.8. The zero-order valence-electron chi connectivity index (χ0n) is 28.5. The van der Waals surface area contributed by atoms with Crippen LogP contribution in [0.15, 0.2) is 103 Å². The highest BCUT2D eigenvalue weighted by molar-refractivity contribution is 6.01. The predicted molar refractivity (Wildman–Crippen MR) is 188 cm³/mol.